The molecule has 0 unspecified atom stereocenters. The van der Waals surface area contributed by atoms with Crippen molar-refractivity contribution >= 4 is 17.4 Å². The zero-order chi connectivity index (χ0) is 25.9. The molecule has 2 aromatic carbocycles. The van der Waals surface area contributed by atoms with Crippen LogP contribution in [0.25, 0.3) is 5.76 Å². The molecular weight excluding hydrogens is 440 g/mol. The first-order valence-electron chi connectivity index (χ1n) is 12.3. The van der Waals surface area contributed by atoms with Crippen LogP contribution >= 0.6 is 0 Å². The fourth-order valence-corrected chi connectivity index (χ4v) is 4.59. The van der Waals surface area contributed by atoms with Gasteiger partial charge in [0.15, 0.2) is 0 Å². The van der Waals surface area contributed by atoms with Gasteiger partial charge in [0.1, 0.15) is 11.5 Å². The Hall–Kier alpha value is -3.12. The first kappa shape index (κ1) is 26.5. The molecule has 1 aliphatic rings. The lowest BCUT2D eigenvalue weighted by Gasteiger charge is -2.29. The molecule has 188 valence electrons. The predicted molar refractivity (Wildman–Crippen MR) is 140 cm³/mol. The van der Waals surface area contributed by atoms with Gasteiger partial charge in [-0.05, 0) is 60.3 Å². The van der Waals surface area contributed by atoms with Crippen molar-refractivity contribution < 1.29 is 19.4 Å². The fourth-order valence-electron chi connectivity index (χ4n) is 4.59. The molecule has 35 heavy (non-hydrogen) atoms. The number of likely N-dealkylation sites (N-methyl/N-ethyl adjacent to an activating group) is 1. The van der Waals surface area contributed by atoms with Crippen LogP contribution in [-0.4, -0.2) is 59.9 Å². The number of hydrogen-bond acceptors (Lipinski definition) is 5. The Morgan fingerprint density at radius 1 is 1.06 bits per heavy atom. The lowest BCUT2D eigenvalue weighted by molar-refractivity contribution is -0.140. The third kappa shape index (κ3) is 5.43. The minimum atomic E-state index is -0.652. The van der Waals surface area contributed by atoms with Crippen LogP contribution in [0, 0.1) is 6.92 Å². The number of ether oxygens (including phenoxy) is 1. The minimum absolute atomic E-state index is 0.0245. The predicted octanol–water partition coefficient (Wildman–Crippen LogP) is 5.06. The van der Waals surface area contributed by atoms with Gasteiger partial charge in [-0.15, -0.1) is 0 Å². The summed E-state index contributed by atoms with van der Waals surface area (Å²) in [5.41, 5.74) is 3.36. The van der Waals surface area contributed by atoms with Crippen LogP contribution < -0.4 is 4.74 Å². The van der Waals surface area contributed by atoms with Gasteiger partial charge in [0.05, 0.1) is 18.7 Å². The molecule has 0 aliphatic carbocycles. The fraction of sp³-hybridized carbons (Fsp3) is 0.448. The molecule has 1 amide bonds. The average molecular weight is 479 g/mol. The van der Waals surface area contributed by atoms with Gasteiger partial charge in [-0.1, -0.05) is 58.9 Å². The summed E-state index contributed by atoms with van der Waals surface area (Å²) in [6.45, 7) is 15.2. The molecule has 6 nitrogen and oxygen atoms in total. The highest BCUT2D eigenvalue weighted by atomic mass is 16.5. The molecule has 1 atom stereocenters. The smallest absolute Gasteiger partial charge is 0.295 e. The van der Waals surface area contributed by atoms with Gasteiger partial charge in [0.2, 0.25) is 0 Å². The summed E-state index contributed by atoms with van der Waals surface area (Å²) in [6.07, 6.45) is 0. The number of ketones is 1. The zero-order valence-electron chi connectivity index (χ0n) is 22.0. The van der Waals surface area contributed by atoms with E-state index in [1.54, 1.807) is 30.2 Å². The van der Waals surface area contributed by atoms with E-state index in [-0.39, 0.29) is 16.7 Å². The first-order chi connectivity index (χ1) is 16.5. The molecule has 0 radical (unpaired) electrons. The SMILES string of the molecule is CCN(CC)CCN1C(=O)C(=O)C(=C(O)c2ccc(OC)cc2C)[C@H]1c1ccc(C(C)(C)C)cc1. The number of likely N-dealkylation sites (tertiary alicyclic amines) is 1. The number of nitrogens with zero attached hydrogens (tertiary/aromatic N) is 2. The van der Waals surface area contributed by atoms with Crippen LogP contribution in [0.4, 0.5) is 0 Å². The van der Waals surface area contributed by atoms with Crippen LogP contribution in [0.1, 0.15) is 62.9 Å². The van der Waals surface area contributed by atoms with Crippen molar-refractivity contribution in [3.8, 4) is 5.75 Å². The maximum Gasteiger partial charge on any atom is 0.295 e. The number of methoxy groups -OCH3 is 1. The normalized spacial score (nSPS) is 17.9. The maximum atomic E-state index is 13.3. The van der Waals surface area contributed by atoms with Crippen molar-refractivity contribution in [3.63, 3.8) is 0 Å². The molecular formula is C29H38N2O4. The van der Waals surface area contributed by atoms with Gasteiger partial charge in [0.25, 0.3) is 11.7 Å². The second-order valence-corrected chi connectivity index (χ2v) is 10.1. The quantitative estimate of drug-likeness (QED) is 0.326. The summed E-state index contributed by atoms with van der Waals surface area (Å²) < 4.78 is 5.28. The maximum absolute atomic E-state index is 13.3. The van der Waals surface area contributed by atoms with Crippen LogP contribution in [0.5, 0.6) is 5.75 Å². The van der Waals surface area contributed by atoms with Crippen LogP contribution in [0.3, 0.4) is 0 Å². The Kier molecular flexibility index (Phi) is 8.06. The molecule has 0 spiro atoms. The Balaban J connectivity index is 2.14. The summed E-state index contributed by atoms with van der Waals surface area (Å²) >= 11 is 0. The first-order valence-corrected chi connectivity index (χ1v) is 12.3. The van der Waals surface area contributed by atoms with E-state index in [1.165, 1.54) is 0 Å². The summed E-state index contributed by atoms with van der Waals surface area (Å²) in [4.78, 5) is 30.4. The lowest BCUT2D eigenvalue weighted by atomic mass is 9.85. The second-order valence-electron chi connectivity index (χ2n) is 10.1. The van der Waals surface area contributed by atoms with E-state index in [4.69, 9.17) is 4.74 Å². The largest absolute Gasteiger partial charge is 0.507 e. The number of hydrogen-bond donors (Lipinski definition) is 1. The highest BCUT2D eigenvalue weighted by molar-refractivity contribution is 6.46. The van der Waals surface area contributed by atoms with Crippen molar-refractivity contribution in [1.29, 1.82) is 0 Å². The van der Waals surface area contributed by atoms with Crippen molar-refractivity contribution in [1.82, 2.24) is 9.80 Å². The van der Waals surface area contributed by atoms with Crippen LogP contribution in [0.15, 0.2) is 48.0 Å². The minimum Gasteiger partial charge on any atom is -0.507 e. The second kappa shape index (κ2) is 10.6. The zero-order valence-corrected chi connectivity index (χ0v) is 22.0. The molecule has 1 N–H and O–H groups in total. The van der Waals surface area contributed by atoms with Crippen molar-refractivity contribution in [3.05, 3.63) is 70.3 Å². The number of benzene rings is 2. The standard InChI is InChI=1S/C29H38N2O4/c1-8-30(9-2)16-17-31-25(20-10-12-21(13-11-20)29(4,5)6)24(27(33)28(31)34)26(32)23-15-14-22(35-7)18-19(23)3/h10-15,18,25,32H,8-9,16-17H2,1-7H3/t25-/m1/s1. The Morgan fingerprint density at radius 2 is 1.69 bits per heavy atom. The number of aryl methyl sites for hydroxylation is 1. The number of carbonyl (C=O) groups is 2. The lowest BCUT2D eigenvalue weighted by Crippen LogP contribution is -2.38. The van der Waals surface area contributed by atoms with E-state index >= 15 is 0 Å². The van der Waals surface area contributed by atoms with Gasteiger partial charge >= 0.3 is 0 Å². The molecule has 1 heterocycles. The van der Waals surface area contributed by atoms with Gasteiger partial charge in [0, 0.05) is 18.7 Å². The van der Waals surface area contributed by atoms with Gasteiger partial charge < -0.3 is 19.6 Å². The topological polar surface area (TPSA) is 70.1 Å². The van der Waals surface area contributed by atoms with Crippen molar-refractivity contribution in [2.75, 3.05) is 33.3 Å². The highest BCUT2D eigenvalue weighted by Gasteiger charge is 2.46. The Labute approximate surface area is 209 Å². The number of aliphatic hydroxyl groups is 1. The molecule has 3 rings (SSSR count). The van der Waals surface area contributed by atoms with Gasteiger partial charge in [-0.25, -0.2) is 0 Å². The number of Topliss-reactive ketones (excluding diaryl/α,β-unsaturated/α-hetero) is 1. The number of carbonyl (C=O) groups excluding carboxylic acids is 2. The van der Waals surface area contributed by atoms with E-state index in [1.807, 2.05) is 31.2 Å². The summed E-state index contributed by atoms with van der Waals surface area (Å²) in [7, 11) is 1.58. The Bertz CT molecular complexity index is 1110. The third-order valence-electron chi connectivity index (χ3n) is 6.87. The molecule has 0 aromatic heterocycles. The summed E-state index contributed by atoms with van der Waals surface area (Å²) in [5.74, 6) is -0.719. The number of aliphatic hydroxyl groups excluding tert-OH is 1. The number of amides is 1. The molecule has 0 saturated carbocycles. The van der Waals surface area contributed by atoms with E-state index in [0.29, 0.717) is 24.4 Å². The molecule has 6 heteroatoms. The van der Waals surface area contributed by atoms with Crippen LogP contribution in [-0.2, 0) is 15.0 Å². The van der Waals surface area contributed by atoms with Crippen molar-refractivity contribution in [2.24, 2.45) is 0 Å². The summed E-state index contributed by atoms with van der Waals surface area (Å²) in [5, 5.41) is 11.4. The molecule has 0 bridgehead atoms. The van der Waals surface area contributed by atoms with E-state index in [2.05, 4.69) is 39.5 Å². The van der Waals surface area contributed by atoms with E-state index in [9.17, 15) is 14.7 Å². The van der Waals surface area contributed by atoms with E-state index in [0.717, 1.165) is 29.8 Å². The average Bonchev–Trinajstić information content (AvgIpc) is 3.08. The Morgan fingerprint density at radius 3 is 2.20 bits per heavy atom. The molecule has 2 aromatic rings. The van der Waals surface area contributed by atoms with Gasteiger partial charge in [-0.2, -0.15) is 0 Å². The molecule has 1 saturated heterocycles. The van der Waals surface area contributed by atoms with Crippen molar-refractivity contribution in [2.45, 2.75) is 53.0 Å². The van der Waals surface area contributed by atoms with Crippen LogP contribution in [0.2, 0.25) is 0 Å². The monoisotopic (exact) mass is 478 g/mol. The highest BCUT2D eigenvalue weighted by Crippen LogP contribution is 2.40. The summed E-state index contributed by atoms with van der Waals surface area (Å²) in [6, 6.07) is 12.6. The number of rotatable bonds is 8. The third-order valence-corrected chi connectivity index (χ3v) is 6.87. The molecule has 1 fully saturated rings. The molecule has 1 aliphatic heterocycles. The van der Waals surface area contributed by atoms with E-state index < -0.39 is 17.7 Å². The van der Waals surface area contributed by atoms with Gasteiger partial charge in [-0.3, -0.25) is 9.59 Å².